The molecule has 1 heterocycles. The third kappa shape index (κ3) is 5.52. The van der Waals surface area contributed by atoms with Gasteiger partial charge in [0.15, 0.2) is 6.23 Å². The molecular formula is C14H27NO6. The second-order valence-electron chi connectivity index (χ2n) is 5.48. The van der Waals surface area contributed by atoms with Crippen molar-refractivity contribution in [2.45, 2.75) is 76.1 Å². The zero-order chi connectivity index (χ0) is 15.8. The summed E-state index contributed by atoms with van der Waals surface area (Å²) in [6, 6.07) is 0. The van der Waals surface area contributed by atoms with Crippen molar-refractivity contribution >= 4 is 5.91 Å². The number of hydrogen-bond acceptors (Lipinski definition) is 6. The lowest BCUT2D eigenvalue weighted by atomic mass is 10.1. The van der Waals surface area contributed by atoms with Gasteiger partial charge in [-0.25, -0.2) is 0 Å². The average molecular weight is 305 g/mol. The summed E-state index contributed by atoms with van der Waals surface area (Å²) in [6.45, 7) is 1.53. The molecular weight excluding hydrogens is 278 g/mol. The first-order valence-corrected chi connectivity index (χ1v) is 7.61. The average Bonchev–Trinajstić information content (AvgIpc) is 2.74. The smallest absolute Gasteiger partial charge is 0.222 e. The number of unbranched alkanes of at least 4 members (excludes halogenated alkanes) is 4. The topological polar surface area (TPSA) is 119 Å². The molecule has 0 bridgehead atoms. The molecule has 5 N–H and O–H groups in total. The Morgan fingerprint density at radius 2 is 1.86 bits per heavy atom. The lowest BCUT2D eigenvalue weighted by molar-refractivity contribution is -0.129. The molecule has 1 fully saturated rings. The highest BCUT2D eigenvalue weighted by atomic mass is 16.6. The molecule has 7 nitrogen and oxygen atoms in total. The fourth-order valence-corrected chi connectivity index (χ4v) is 2.37. The predicted molar refractivity (Wildman–Crippen MR) is 75.3 cm³/mol. The lowest BCUT2D eigenvalue weighted by Gasteiger charge is -2.18. The number of amides is 1. The molecule has 1 amide bonds. The molecule has 5 atom stereocenters. The summed E-state index contributed by atoms with van der Waals surface area (Å²) in [5.41, 5.74) is 0. The maximum atomic E-state index is 11.7. The fraction of sp³-hybridized carbons (Fsp3) is 0.929. The van der Waals surface area contributed by atoms with Crippen LogP contribution >= 0.6 is 0 Å². The van der Waals surface area contributed by atoms with Gasteiger partial charge in [-0.1, -0.05) is 32.6 Å². The molecule has 0 saturated carbocycles. The van der Waals surface area contributed by atoms with Crippen molar-refractivity contribution in [2.75, 3.05) is 6.61 Å². The molecule has 1 rings (SSSR count). The van der Waals surface area contributed by atoms with Crippen molar-refractivity contribution in [3.63, 3.8) is 0 Å². The van der Waals surface area contributed by atoms with E-state index in [4.69, 9.17) is 9.84 Å². The summed E-state index contributed by atoms with van der Waals surface area (Å²) in [6.07, 6.45) is -0.680. The molecule has 1 saturated heterocycles. The monoisotopic (exact) mass is 305 g/mol. The molecule has 1 aliphatic heterocycles. The minimum absolute atomic E-state index is 0.262. The summed E-state index contributed by atoms with van der Waals surface area (Å²) in [4.78, 5) is 11.7. The molecule has 1 aliphatic rings. The number of ether oxygens (including phenoxy) is 1. The number of carbonyl (C=O) groups is 1. The highest BCUT2D eigenvalue weighted by Crippen LogP contribution is 2.22. The van der Waals surface area contributed by atoms with Gasteiger partial charge in [-0.3, -0.25) is 4.79 Å². The minimum atomic E-state index is -1.35. The predicted octanol–water partition coefficient (Wildman–Crippen LogP) is -0.737. The number of nitrogens with one attached hydrogen (secondary N) is 1. The lowest BCUT2D eigenvalue weighted by Crippen LogP contribution is -2.44. The first-order valence-electron chi connectivity index (χ1n) is 7.61. The van der Waals surface area contributed by atoms with E-state index < -0.39 is 37.3 Å². The van der Waals surface area contributed by atoms with Crippen LogP contribution in [-0.2, 0) is 9.53 Å². The Morgan fingerprint density at radius 3 is 2.48 bits per heavy atom. The Labute approximate surface area is 124 Å². The second kappa shape index (κ2) is 9.32. The van der Waals surface area contributed by atoms with Crippen LogP contribution in [-0.4, -0.2) is 63.6 Å². The molecule has 21 heavy (non-hydrogen) atoms. The third-order valence-corrected chi connectivity index (χ3v) is 3.68. The first kappa shape index (κ1) is 18.3. The summed E-state index contributed by atoms with van der Waals surface area (Å²) in [5, 5.41) is 40.3. The molecule has 0 aromatic heterocycles. The Morgan fingerprint density at radius 1 is 1.19 bits per heavy atom. The van der Waals surface area contributed by atoms with E-state index in [1.54, 1.807) is 0 Å². The van der Waals surface area contributed by atoms with Crippen molar-refractivity contribution in [3.05, 3.63) is 0 Å². The second-order valence-corrected chi connectivity index (χ2v) is 5.48. The first-order chi connectivity index (χ1) is 10.0. The van der Waals surface area contributed by atoms with Gasteiger partial charge in [-0.15, -0.1) is 0 Å². The number of aliphatic hydroxyl groups excluding tert-OH is 4. The maximum absolute atomic E-state index is 11.7. The van der Waals surface area contributed by atoms with Gasteiger partial charge in [0.25, 0.3) is 0 Å². The highest BCUT2D eigenvalue weighted by Gasteiger charge is 2.46. The number of aliphatic hydroxyl groups is 4. The zero-order valence-corrected chi connectivity index (χ0v) is 12.4. The summed E-state index contributed by atoms with van der Waals surface area (Å²) in [5.74, 6) is -0.262. The number of rotatable bonds is 9. The van der Waals surface area contributed by atoms with E-state index in [2.05, 4.69) is 12.2 Å². The summed E-state index contributed by atoms with van der Waals surface area (Å²) >= 11 is 0. The Hall–Kier alpha value is -0.730. The molecule has 0 radical (unpaired) electrons. The summed E-state index contributed by atoms with van der Waals surface area (Å²) in [7, 11) is 0. The number of carbonyl (C=O) groups excluding carboxylic acids is 1. The van der Waals surface area contributed by atoms with Crippen LogP contribution in [0.5, 0.6) is 0 Å². The van der Waals surface area contributed by atoms with Gasteiger partial charge in [0.1, 0.15) is 24.4 Å². The van der Waals surface area contributed by atoms with E-state index in [9.17, 15) is 20.1 Å². The molecule has 0 aromatic carbocycles. The SMILES string of the molecule is CCCCCCCC(=O)N[C@@H]1O[C@@H]([C@H](O)CO)[C@H](O)[C@H]1O. The van der Waals surface area contributed by atoms with Crippen molar-refractivity contribution in [3.8, 4) is 0 Å². The normalized spacial score (nSPS) is 30.3. The maximum Gasteiger partial charge on any atom is 0.222 e. The minimum Gasteiger partial charge on any atom is -0.394 e. The molecule has 124 valence electrons. The van der Waals surface area contributed by atoms with E-state index >= 15 is 0 Å². The van der Waals surface area contributed by atoms with Gasteiger partial charge in [0, 0.05) is 6.42 Å². The molecule has 7 heteroatoms. The van der Waals surface area contributed by atoms with Crippen LogP contribution in [0.2, 0.25) is 0 Å². The zero-order valence-electron chi connectivity index (χ0n) is 12.4. The van der Waals surface area contributed by atoms with E-state index in [1.807, 2.05) is 0 Å². The highest BCUT2D eigenvalue weighted by molar-refractivity contribution is 5.76. The van der Waals surface area contributed by atoms with Gasteiger partial charge in [-0.05, 0) is 6.42 Å². The van der Waals surface area contributed by atoms with E-state index in [-0.39, 0.29) is 5.91 Å². The summed E-state index contributed by atoms with van der Waals surface area (Å²) < 4.78 is 5.21. The quantitative estimate of drug-likeness (QED) is 0.358. The van der Waals surface area contributed by atoms with Crippen LogP contribution in [0.3, 0.4) is 0 Å². The van der Waals surface area contributed by atoms with Crippen LogP contribution in [0.4, 0.5) is 0 Å². The molecule has 0 spiro atoms. The Balaban J connectivity index is 2.32. The van der Waals surface area contributed by atoms with Gasteiger partial charge < -0.3 is 30.5 Å². The van der Waals surface area contributed by atoms with Crippen molar-refractivity contribution < 1.29 is 30.0 Å². The van der Waals surface area contributed by atoms with E-state index in [0.29, 0.717) is 6.42 Å². The van der Waals surface area contributed by atoms with Crippen molar-refractivity contribution in [1.82, 2.24) is 5.32 Å². The molecule has 0 aliphatic carbocycles. The van der Waals surface area contributed by atoms with E-state index in [1.165, 1.54) is 0 Å². The third-order valence-electron chi connectivity index (χ3n) is 3.68. The molecule has 0 unspecified atom stereocenters. The van der Waals surface area contributed by atoms with Gasteiger partial charge in [-0.2, -0.15) is 0 Å². The van der Waals surface area contributed by atoms with Crippen molar-refractivity contribution in [2.24, 2.45) is 0 Å². The van der Waals surface area contributed by atoms with Gasteiger partial charge in [0.2, 0.25) is 5.91 Å². The van der Waals surface area contributed by atoms with Crippen molar-refractivity contribution in [1.29, 1.82) is 0 Å². The Bertz CT molecular complexity index is 314. The number of hydrogen-bond donors (Lipinski definition) is 5. The van der Waals surface area contributed by atoms with E-state index in [0.717, 1.165) is 32.1 Å². The standard InChI is InChI=1S/C14H27NO6/c1-2-3-4-5-6-7-10(18)15-14-12(20)11(19)13(21-14)9(17)8-16/h9,11-14,16-17,19-20H,2-8H2,1H3,(H,15,18)/t9-,11-,12-,13+,14-/m1/s1. The fourth-order valence-electron chi connectivity index (χ4n) is 2.37. The Kier molecular flexibility index (Phi) is 8.13. The van der Waals surface area contributed by atoms with Crippen LogP contribution in [0, 0.1) is 0 Å². The van der Waals surface area contributed by atoms with Crippen LogP contribution in [0.15, 0.2) is 0 Å². The van der Waals surface area contributed by atoms with Gasteiger partial charge >= 0.3 is 0 Å². The van der Waals surface area contributed by atoms with Crippen LogP contribution in [0.1, 0.15) is 45.4 Å². The van der Waals surface area contributed by atoms with Crippen LogP contribution in [0.25, 0.3) is 0 Å². The largest absolute Gasteiger partial charge is 0.394 e. The van der Waals surface area contributed by atoms with Crippen LogP contribution < -0.4 is 5.32 Å². The van der Waals surface area contributed by atoms with Gasteiger partial charge in [0.05, 0.1) is 6.61 Å². The molecule has 0 aromatic rings.